The van der Waals surface area contributed by atoms with Crippen molar-refractivity contribution in [1.29, 1.82) is 0 Å². The van der Waals surface area contributed by atoms with Gasteiger partial charge in [0.25, 0.3) is 5.91 Å². The van der Waals surface area contributed by atoms with Gasteiger partial charge in [0.2, 0.25) is 0 Å². The first-order valence-corrected chi connectivity index (χ1v) is 7.63. The van der Waals surface area contributed by atoms with Gasteiger partial charge in [-0.1, -0.05) is 36.4 Å². The standard InChI is InChI=1S/C18H17N3O2S/c1-13(22)16(17(23)20-14-8-4-2-5-9-14)12-19-18(24)21-15-10-6-3-7-11-15/h2-12,22H,1H3,(H,20,23)(H,21,24)/b16-13-,19-12-. The summed E-state index contributed by atoms with van der Waals surface area (Å²) in [5.74, 6) is -0.609. The molecule has 0 bridgehead atoms. The van der Waals surface area contributed by atoms with Crippen LogP contribution >= 0.6 is 12.2 Å². The second-order valence-electron chi connectivity index (χ2n) is 4.87. The average molecular weight is 339 g/mol. The van der Waals surface area contributed by atoms with Gasteiger partial charge in [-0.2, -0.15) is 0 Å². The molecule has 0 saturated carbocycles. The normalized spacial score (nSPS) is 11.7. The summed E-state index contributed by atoms with van der Waals surface area (Å²) < 4.78 is 0. The molecule has 3 N–H and O–H groups in total. The van der Waals surface area contributed by atoms with Gasteiger partial charge in [-0.15, -0.1) is 0 Å². The second-order valence-corrected chi connectivity index (χ2v) is 5.26. The van der Waals surface area contributed by atoms with Crippen molar-refractivity contribution in [2.24, 2.45) is 4.99 Å². The Kier molecular flexibility index (Phi) is 6.22. The lowest BCUT2D eigenvalue weighted by Gasteiger charge is -2.07. The van der Waals surface area contributed by atoms with Crippen LogP contribution in [0.4, 0.5) is 11.4 Å². The first-order chi connectivity index (χ1) is 11.6. The van der Waals surface area contributed by atoms with Crippen LogP contribution in [0.2, 0.25) is 0 Å². The van der Waals surface area contributed by atoms with Gasteiger partial charge in [-0.05, 0) is 43.4 Å². The zero-order valence-corrected chi connectivity index (χ0v) is 13.9. The Morgan fingerprint density at radius 2 is 1.50 bits per heavy atom. The number of benzene rings is 2. The number of thiocarbonyl (C=S) groups is 1. The largest absolute Gasteiger partial charge is 0.512 e. The van der Waals surface area contributed by atoms with Gasteiger partial charge in [0, 0.05) is 17.6 Å². The van der Waals surface area contributed by atoms with Crippen molar-refractivity contribution >= 4 is 40.8 Å². The van der Waals surface area contributed by atoms with Gasteiger partial charge in [0.1, 0.15) is 5.76 Å². The number of hydrogen-bond acceptors (Lipinski definition) is 3. The smallest absolute Gasteiger partial charge is 0.260 e. The molecule has 2 aromatic carbocycles. The molecule has 0 spiro atoms. The summed E-state index contributed by atoms with van der Waals surface area (Å²) in [4.78, 5) is 16.3. The number of para-hydroxylation sites is 2. The Morgan fingerprint density at radius 1 is 1.00 bits per heavy atom. The molecule has 0 saturated heterocycles. The zero-order valence-electron chi connectivity index (χ0n) is 13.1. The second kappa shape index (κ2) is 8.59. The molecule has 2 aromatic rings. The van der Waals surface area contributed by atoms with Gasteiger partial charge in [0.05, 0.1) is 5.57 Å². The minimum absolute atomic E-state index is 0.0380. The van der Waals surface area contributed by atoms with Crippen LogP contribution in [-0.2, 0) is 4.79 Å². The number of aliphatic imine (C=N–C) groups is 1. The van der Waals surface area contributed by atoms with Crippen LogP contribution in [0.25, 0.3) is 0 Å². The van der Waals surface area contributed by atoms with E-state index in [9.17, 15) is 9.90 Å². The molecule has 0 heterocycles. The molecule has 6 heteroatoms. The number of carbonyl (C=O) groups excluding carboxylic acids is 1. The molecule has 0 unspecified atom stereocenters. The van der Waals surface area contributed by atoms with Crippen molar-refractivity contribution in [2.75, 3.05) is 10.6 Å². The van der Waals surface area contributed by atoms with E-state index in [1.54, 1.807) is 24.3 Å². The molecule has 0 atom stereocenters. The Hall–Kier alpha value is -2.99. The van der Waals surface area contributed by atoms with Gasteiger partial charge in [-0.3, -0.25) is 4.79 Å². The maximum absolute atomic E-state index is 12.2. The number of aliphatic hydroxyl groups excluding tert-OH is 1. The minimum atomic E-state index is -0.465. The number of nitrogens with one attached hydrogen (secondary N) is 2. The maximum atomic E-state index is 12.2. The van der Waals surface area contributed by atoms with E-state index in [0.717, 1.165) is 5.69 Å². The van der Waals surface area contributed by atoms with Gasteiger partial charge >= 0.3 is 0 Å². The number of carbonyl (C=O) groups is 1. The van der Waals surface area contributed by atoms with E-state index in [0.29, 0.717) is 5.69 Å². The Balaban J connectivity index is 2.04. The van der Waals surface area contributed by atoms with E-state index >= 15 is 0 Å². The molecule has 122 valence electrons. The van der Waals surface area contributed by atoms with Gasteiger partial charge in [0.15, 0.2) is 5.11 Å². The quantitative estimate of drug-likeness (QED) is 0.342. The molecule has 0 aromatic heterocycles. The predicted molar refractivity (Wildman–Crippen MR) is 102 cm³/mol. The van der Waals surface area contributed by atoms with Crippen molar-refractivity contribution in [1.82, 2.24) is 0 Å². The summed E-state index contributed by atoms with van der Waals surface area (Å²) in [6, 6.07) is 18.3. The topological polar surface area (TPSA) is 73.7 Å². The highest BCUT2D eigenvalue weighted by atomic mass is 32.1. The highest BCUT2D eigenvalue weighted by molar-refractivity contribution is 7.80. The molecule has 0 radical (unpaired) electrons. The van der Waals surface area contributed by atoms with Crippen LogP contribution in [0, 0.1) is 0 Å². The molecule has 24 heavy (non-hydrogen) atoms. The number of nitrogens with zero attached hydrogens (tertiary/aromatic N) is 1. The summed E-state index contributed by atoms with van der Waals surface area (Å²) in [5.41, 5.74) is 1.45. The van der Waals surface area contributed by atoms with Crippen molar-refractivity contribution in [3.8, 4) is 0 Å². The van der Waals surface area contributed by atoms with Crippen LogP contribution < -0.4 is 10.6 Å². The SMILES string of the molecule is C/C(O)=C(\C=N/C(=S)Nc1ccccc1)C(=O)Nc1ccccc1. The third-order valence-corrected chi connectivity index (χ3v) is 3.21. The molecule has 0 aliphatic carbocycles. The Bertz CT molecular complexity index is 767. The lowest BCUT2D eigenvalue weighted by atomic mass is 10.2. The highest BCUT2D eigenvalue weighted by Gasteiger charge is 2.11. The Morgan fingerprint density at radius 3 is 2.00 bits per heavy atom. The van der Waals surface area contributed by atoms with E-state index in [1.807, 2.05) is 36.4 Å². The van der Waals surface area contributed by atoms with Gasteiger partial charge < -0.3 is 15.7 Å². The summed E-state index contributed by atoms with van der Waals surface area (Å²) in [5, 5.41) is 15.5. The first kappa shape index (κ1) is 17.4. The van der Waals surface area contributed by atoms with Crippen LogP contribution in [-0.4, -0.2) is 22.3 Å². The van der Waals surface area contributed by atoms with Crippen LogP contribution in [0.3, 0.4) is 0 Å². The van der Waals surface area contributed by atoms with E-state index < -0.39 is 5.91 Å². The lowest BCUT2D eigenvalue weighted by molar-refractivity contribution is -0.112. The van der Waals surface area contributed by atoms with E-state index in [2.05, 4.69) is 15.6 Å². The van der Waals surface area contributed by atoms with Crippen molar-refractivity contribution < 1.29 is 9.90 Å². The Labute approximate surface area is 145 Å². The van der Waals surface area contributed by atoms with Crippen LogP contribution in [0.15, 0.2) is 77.0 Å². The molecule has 0 aliphatic heterocycles. The molecule has 2 rings (SSSR count). The predicted octanol–water partition coefficient (Wildman–Crippen LogP) is 3.92. The molecule has 0 fully saturated rings. The number of amides is 1. The number of hydrogen-bond donors (Lipinski definition) is 3. The van der Waals surface area contributed by atoms with Crippen molar-refractivity contribution in [3.63, 3.8) is 0 Å². The van der Waals surface area contributed by atoms with E-state index in [1.165, 1.54) is 13.1 Å². The maximum Gasteiger partial charge on any atom is 0.260 e. The lowest BCUT2D eigenvalue weighted by Crippen LogP contribution is -2.17. The minimum Gasteiger partial charge on any atom is -0.512 e. The first-order valence-electron chi connectivity index (χ1n) is 7.22. The fourth-order valence-corrected chi connectivity index (χ4v) is 2.01. The number of allylic oxidation sites excluding steroid dienone is 1. The summed E-state index contributed by atoms with van der Waals surface area (Å²) in [6.07, 6.45) is 1.24. The van der Waals surface area contributed by atoms with E-state index in [-0.39, 0.29) is 16.4 Å². The molecule has 5 nitrogen and oxygen atoms in total. The molecular formula is C18H17N3O2S. The number of anilines is 2. The number of aliphatic hydroxyl groups is 1. The highest BCUT2D eigenvalue weighted by Crippen LogP contribution is 2.09. The third kappa shape index (κ3) is 5.33. The average Bonchev–Trinajstić information content (AvgIpc) is 2.56. The zero-order chi connectivity index (χ0) is 17.4. The van der Waals surface area contributed by atoms with E-state index in [4.69, 9.17) is 12.2 Å². The van der Waals surface area contributed by atoms with Crippen LogP contribution in [0.5, 0.6) is 0 Å². The summed E-state index contributed by atoms with van der Waals surface area (Å²) >= 11 is 5.11. The summed E-state index contributed by atoms with van der Waals surface area (Å²) in [6.45, 7) is 1.42. The monoisotopic (exact) mass is 339 g/mol. The fourth-order valence-electron chi connectivity index (χ4n) is 1.84. The van der Waals surface area contributed by atoms with Crippen LogP contribution in [0.1, 0.15) is 6.92 Å². The van der Waals surface area contributed by atoms with Crippen molar-refractivity contribution in [2.45, 2.75) is 6.92 Å². The summed E-state index contributed by atoms with van der Waals surface area (Å²) in [7, 11) is 0. The molecular weight excluding hydrogens is 322 g/mol. The van der Waals surface area contributed by atoms with Gasteiger partial charge in [-0.25, -0.2) is 4.99 Å². The van der Waals surface area contributed by atoms with Crippen molar-refractivity contribution in [3.05, 3.63) is 72.0 Å². The number of rotatable bonds is 4. The molecule has 0 aliphatic rings. The molecule has 1 amide bonds. The fraction of sp³-hybridized carbons (Fsp3) is 0.0556. The third-order valence-electron chi connectivity index (χ3n) is 3.00.